The van der Waals surface area contributed by atoms with Crippen LogP contribution in [0.4, 0.5) is 18.0 Å². The minimum atomic E-state index is -4.98. The molecule has 1 N–H and O–H groups in total. The van der Waals surface area contributed by atoms with Crippen molar-refractivity contribution in [1.29, 1.82) is 0 Å². The summed E-state index contributed by atoms with van der Waals surface area (Å²) in [5.41, 5.74) is -2.95. The Balaban J connectivity index is 2.03. The summed E-state index contributed by atoms with van der Waals surface area (Å²) in [4.78, 5) is 29.1. The van der Waals surface area contributed by atoms with Crippen molar-refractivity contribution < 1.29 is 22.8 Å². The van der Waals surface area contributed by atoms with Gasteiger partial charge in [-0.1, -0.05) is 36.4 Å². The van der Waals surface area contributed by atoms with E-state index in [4.69, 9.17) is 0 Å². The van der Waals surface area contributed by atoms with E-state index in [2.05, 4.69) is 4.98 Å². The Labute approximate surface area is 135 Å². The number of imide groups is 1. The molecule has 2 aromatic rings. The number of halogens is 3. The number of amides is 3. The molecule has 124 valence electrons. The molecule has 3 amide bonds. The molecule has 5 nitrogen and oxygen atoms in total. The van der Waals surface area contributed by atoms with Crippen LogP contribution in [0.3, 0.4) is 0 Å². The summed E-state index contributed by atoms with van der Waals surface area (Å²) in [6, 6.07) is 8.68. The van der Waals surface area contributed by atoms with Gasteiger partial charge >= 0.3 is 12.2 Å². The first-order valence-corrected chi connectivity index (χ1v) is 7.01. The minimum absolute atomic E-state index is 0.289. The van der Waals surface area contributed by atoms with Gasteiger partial charge in [0.05, 0.1) is 6.54 Å². The van der Waals surface area contributed by atoms with Crippen LogP contribution < -0.4 is 5.32 Å². The third-order valence-corrected chi connectivity index (χ3v) is 3.80. The van der Waals surface area contributed by atoms with Gasteiger partial charge in [-0.15, -0.1) is 0 Å². The highest BCUT2D eigenvalue weighted by molar-refractivity contribution is 6.08. The number of hydrogen-bond donors (Lipinski definition) is 1. The number of pyridine rings is 1. The van der Waals surface area contributed by atoms with Crippen molar-refractivity contribution in [3.8, 4) is 0 Å². The number of benzene rings is 1. The zero-order valence-electron chi connectivity index (χ0n) is 12.2. The van der Waals surface area contributed by atoms with Gasteiger partial charge in [-0.25, -0.2) is 4.79 Å². The number of nitrogens with one attached hydrogen (secondary N) is 1. The van der Waals surface area contributed by atoms with Crippen molar-refractivity contribution in [3.05, 3.63) is 66.0 Å². The second-order valence-corrected chi connectivity index (χ2v) is 5.30. The molecule has 0 unspecified atom stereocenters. The molecule has 0 bridgehead atoms. The van der Waals surface area contributed by atoms with Crippen LogP contribution in [0.25, 0.3) is 0 Å². The van der Waals surface area contributed by atoms with Crippen LogP contribution in [0.15, 0.2) is 54.9 Å². The summed E-state index contributed by atoms with van der Waals surface area (Å²) in [6.07, 6.45) is -2.11. The Morgan fingerprint density at radius 1 is 1.08 bits per heavy atom. The van der Waals surface area contributed by atoms with Crippen molar-refractivity contribution in [3.63, 3.8) is 0 Å². The standard InChI is InChI=1S/C16H12F3N3O2/c17-16(18,19)15(12-6-2-1-3-7-12)13(23)22(14(24)21-15)10-11-5-4-8-20-9-11/h1-9H,10H2,(H,21,24)/t15-/m0/s1. The van der Waals surface area contributed by atoms with Gasteiger partial charge in [0.1, 0.15) is 0 Å². The fourth-order valence-corrected chi connectivity index (χ4v) is 2.63. The van der Waals surface area contributed by atoms with E-state index in [1.165, 1.54) is 42.7 Å². The summed E-state index contributed by atoms with van der Waals surface area (Å²) >= 11 is 0. The minimum Gasteiger partial charge on any atom is -0.312 e. The molecule has 1 aromatic heterocycles. The molecule has 1 aliphatic heterocycles. The average molecular weight is 335 g/mol. The molecule has 1 aromatic carbocycles. The van der Waals surface area contributed by atoms with Crippen molar-refractivity contribution in [2.75, 3.05) is 0 Å². The van der Waals surface area contributed by atoms with E-state index >= 15 is 0 Å². The van der Waals surface area contributed by atoms with Gasteiger partial charge in [0.25, 0.3) is 5.91 Å². The molecular formula is C16H12F3N3O2. The Bertz CT molecular complexity index is 765. The highest BCUT2D eigenvalue weighted by Gasteiger charge is 2.68. The lowest BCUT2D eigenvalue weighted by Gasteiger charge is -2.29. The molecule has 1 atom stereocenters. The first kappa shape index (κ1) is 16.0. The zero-order chi connectivity index (χ0) is 17.4. The lowest BCUT2D eigenvalue weighted by atomic mass is 9.89. The molecule has 3 rings (SSSR count). The molecular weight excluding hydrogens is 323 g/mol. The van der Waals surface area contributed by atoms with Gasteiger partial charge in [-0.3, -0.25) is 14.7 Å². The summed E-state index contributed by atoms with van der Waals surface area (Å²) < 4.78 is 41.3. The molecule has 0 spiro atoms. The van der Waals surface area contributed by atoms with Crippen LogP contribution in [-0.2, 0) is 16.9 Å². The van der Waals surface area contributed by atoms with E-state index in [0.29, 0.717) is 10.5 Å². The van der Waals surface area contributed by atoms with Gasteiger partial charge in [0, 0.05) is 12.4 Å². The Morgan fingerprint density at radius 2 is 1.79 bits per heavy atom. The van der Waals surface area contributed by atoms with Crippen molar-refractivity contribution in [2.45, 2.75) is 18.3 Å². The number of carbonyl (C=O) groups is 2. The van der Waals surface area contributed by atoms with E-state index in [1.807, 2.05) is 5.32 Å². The number of aromatic nitrogens is 1. The first-order chi connectivity index (χ1) is 11.4. The number of urea groups is 1. The molecule has 24 heavy (non-hydrogen) atoms. The predicted octanol–water partition coefficient (Wildman–Crippen LogP) is 2.59. The smallest absolute Gasteiger partial charge is 0.312 e. The second-order valence-electron chi connectivity index (χ2n) is 5.30. The highest BCUT2D eigenvalue weighted by atomic mass is 19.4. The normalized spacial score (nSPS) is 21.0. The summed E-state index contributed by atoms with van der Waals surface area (Å²) in [5.74, 6) is -1.35. The summed E-state index contributed by atoms with van der Waals surface area (Å²) in [5, 5.41) is 1.84. The molecule has 8 heteroatoms. The highest BCUT2D eigenvalue weighted by Crippen LogP contribution is 2.43. The molecule has 2 heterocycles. The monoisotopic (exact) mass is 335 g/mol. The zero-order valence-corrected chi connectivity index (χ0v) is 12.2. The maximum atomic E-state index is 13.8. The Hall–Kier alpha value is -2.90. The van der Waals surface area contributed by atoms with Crippen LogP contribution in [0, 0.1) is 0 Å². The molecule has 1 aliphatic rings. The van der Waals surface area contributed by atoms with E-state index in [1.54, 1.807) is 12.1 Å². The molecule has 0 aliphatic carbocycles. The predicted molar refractivity (Wildman–Crippen MR) is 77.5 cm³/mol. The van der Waals surface area contributed by atoms with Gasteiger partial charge < -0.3 is 5.32 Å². The fourth-order valence-electron chi connectivity index (χ4n) is 2.63. The van der Waals surface area contributed by atoms with Crippen LogP contribution in [-0.4, -0.2) is 28.0 Å². The van der Waals surface area contributed by atoms with E-state index in [-0.39, 0.29) is 12.1 Å². The van der Waals surface area contributed by atoms with Crippen molar-refractivity contribution >= 4 is 11.9 Å². The number of alkyl halides is 3. The molecule has 0 radical (unpaired) electrons. The van der Waals surface area contributed by atoms with Gasteiger partial charge in [0.15, 0.2) is 0 Å². The van der Waals surface area contributed by atoms with Crippen LogP contribution in [0.5, 0.6) is 0 Å². The topological polar surface area (TPSA) is 62.3 Å². The number of carbonyl (C=O) groups excluding carboxylic acids is 2. The number of nitrogens with zero attached hydrogens (tertiary/aromatic N) is 2. The van der Waals surface area contributed by atoms with E-state index in [9.17, 15) is 22.8 Å². The Morgan fingerprint density at radius 3 is 2.38 bits per heavy atom. The van der Waals surface area contributed by atoms with Crippen molar-refractivity contribution in [2.24, 2.45) is 0 Å². The Kier molecular flexibility index (Phi) is 3.75. The number of rotatable bonds is 3. The van der Waals surface area contributed by atoms with Gasteiger partial charge in [-0.2, -0.15) is 13.2 Å². The summed E-state index contributed by atoms with van der Waals surface area (Å²) in [6.45, 7) is -0.289. The lowest BCUT2D eigenvalue weighted by molar-refractivity contribution is -0.198. The quantitative estimate of drug-likeness (QED) is 0.877. The third-order valence-electron chi connectivity index (χ3n) is 3.80. The maximum Gasteiger partial charge on any atom is 0.425 e. The lowest BCUT2D eigenvalue weighted by Crippen LogP contribution is -2.55. The first-order valence-electron chi connectivity index (χ1n) is 7.01. The number of hydrogen-bond acceptors (Lipinski definition) is 3. The third kappa shape index (κ3) is 2.40. The van der Waals surface area contributed by atoms with E-state index in [0.717, 1.165) is 0 Å². The SMILES string of the molecule is O=C1N[C@](c2ccccc2)(C(F)(F)F)C(=O)N1Cc1cccnc1. The summed E-state index contributed by atoms with van der Waals surface area (Å²) in [7, 11) is 0. The second kappa shape index (κ2) is 5.63. The van der Waals surface area contributed by atoms with Crippen LogP contribution >= 0.6 is 0 Å². The van der Waals surface area contributed by atoms with Gasteiger partial charge in [0.2, 0.25) is 5.54 Å². The van der Waals surface area contributed by atoms with Crippen LogP contribution in [0.1, 0.15) is 11.1 Å². The fraction of sp³-hybridized carbons (Fsp3) is 0.188. The van der Waals surface area contributed by atoms with Crippen molar-refractivity contribution in [1.82, 2.24) is 15.2 Å². The largest absolute Gasteiger partial charge is 0.425 e. The van der Waals surface area contributed by atoms with E-state index < -0.39 is 23.7 Å². The average Bonchev–Trinajstić information content (AvgIpc) is 2.82. The molecule has 0 saturated carbocycles. The maximum absolute atomic E-state index is 13.8. The molecule has 1 fully saturated rings. The van der Waals surface area contributed by atoms with Gasteiger partial charge in [-0.05, 0) is 17.2 Å². The van der Waals surface area contributed by atoms with Crippen LogP contribution in [0.2, 0.25) is 0 Å². The molecule has 1 saturated heterocycles.